The largest absolute Gasteiger partial charge is 0.416 e. The second-order valence-electron chi connectivity index (χ2n) is 7.02. The molecule has 1 unspecified atom stereocenters. The Bertz CT molecular complexity index is 957. The third-order valence-electron chi connectivity index (χ3n) is 5.07. The molecule has 1 amide bonds. The highest BCUT2D eigenvalue weighted by Gasteiger charge is 2.47. The Balaban J connectivity index is 1.48. The first-order chi connectivity index (χ1) is 13.3. The van der Waals surface area contributed by atoms with Crippen LogP contribution in [0.15, 0.2) is 53.7 Å². The number of carbonyl (C=O) groups is 1. The maximum Gasteiger partial charge on any atom is 0.416 e. The summed E-state index contributed by atoms with van der Waals surface area (Å²) in [5.74, 6) is -1.03. The van der Waals surface area contributed by atoms with Crippen LogP contribution in [0.3, 0.4) is 0 Å². The van der Waals surface area contributed by atoms with E-state index in [4.69, 9.17) is 4.84 Å². The number of nitrogens with zero attached hydrogens (tertiary/aromatic N) is 2. The molecule has 0 aromatic heterocycles. The second kappa shape index (κ2) is 6.61. The normalized spacial score (nSPS) is 21.7. The van der Waals surface area contributed by atoms with Crippen molar-refractivity contribution < 1.29 is 27.2 Å². The Morgan fingerprint density at radius 1 is 1.14 bits per heavy atom. The van der Waals surface area contributed by atoms with Crippen molar-refractivity contribution >= 4 is 11.6 Å². The molecule has 0 bridgehead atoms. The zero-order chi connectivity index (χ0) is 19.9. The van der Waals surface area contributed by atoms with E-state index >= 15 is 0 Å². The van der Waals surface area contributed by atoms with Crippen LogP contribution in [0.4, 0.5) is 17.6 Å². The van der Waals surface area contributed by atoms with Crippen molar-refractivity contribution in [1.29, 1.82) is 0 Å². The average Bonchev–Trinajstić information content (AvgIpc) is 3.28. The SMILES string of the molecule is O=C(c1ccccc1F)N1CCC2(CC(c3cccc(C(F)(F)F)c3)=NO2)C1. The molecule has 2 heterocycles. The molecular weight excluding hydrogens is 376 g/mol. The lowest BCUT2D eigenvalue weighted by atomic mass is 9.93. The molecule has 0 saturated carbocycles. The Labute approximate surface area is 158 Å². The first-order valence-electron chi connectivity index (χ1n) is 8.74. The zero-order valence-corrected chi connectivity index (χ0v) is 14.7. The number of hydrogen-bond donors (Lipinski definition) is 0. The van der Waals surface area contributed by atoms with E-state index in [0.29, 0.717) is 24.2 Å². The van der Waals surface area contributed by atoms with Gasteiger partial charge in [0.05, 0.1) is 23.4 Å². The number of halogens is 4. The van der Waals surface area contributed by atoms with E-state index in [1.165, 1.54) is 29.2 Å². The fourth-order valence-corrected chi connectivity index (χ4v) is 3.59. The van der Waals surface area contributed by atoms with Gasteiger partial charge in [-0.1, -0.05) is 29.4 Å². The summed E-state index contributed by atoms with van der Waals surface area (Å²) in [6.07, 6.45) is -3.68. The van der Waals surface area contributed by atoms with Crippen molar-refractivity contribution in [2.75, 3.05) is 13.1 Å². The molecule has 2 aromatic carbocycles. The molecule has 146 valence electrons. The van der Waals surface area contributed by atoms with Crippen LogP contribution < -0.4 is 0 Å². The van der Waals surface area contributed by atoms with E-state index in [2.05, 4.69) is 5.16 Å². The van der Waals surface area contributed by atoms with Crippen molar-refractivity contribution in [2.45, 2.75) is 24.6 Å². The van der Waals surface area contributed by atoms with E-state index in [9.17, 15) is 22.4 Å². The quantitative estimate of drug-likeness (QED) is 0.717. The summed E-state index contributed by atoms with van der Waals surface area (Å²) in [5, 5.41) is 3.99. The molecule has 0 radical (unpaired) electrons. The first kappa shape index (κ1) is 18.5. The molecule has 8 heteroatoms. The summed E-state index contributed by atoms with van der Waals surface area (Å²) in [4.78, 5) is 19.6. The van der Waals surface area contributed by atoms with Gasteiger partial charge in [0, 0.05) is 24.9 Å². The minimum absolute atomic E-state index is 0.0171. The van der Waals surface area contributed by atoms with Crippen molar-refractivity contribution in [3.8, 4) is 0 Å². The second-order valence-corrected chi connectivity index (χ2v) is 7.02. The number of hydrogen-bond acceptors (Lipinski definition) is 3. The lowest BCUT2D eigenvalue weighted by Crippen LogP contribution is -2.36. The van der Waals surface area contributed by atoms with Crippen LogP contribution in [0.5, 0.6) is 0 Å². The van der Waals surface area contributed by atoms with Crippen LogP contribution >= 0.6 is 0 Å². The monoisotopic (exact) mass is 392 g/mol. The van der Waals surface area contributed by atoms with Gasteiger partial charge in [-0.25, -0.2) is 4.39 Å². The van der Waals surface area contributed by atoms with E-state index in [1.807, 2.05) is 0 Å². The summed E-state index contributed by atoms with van der Waals surface area (Å²) in [7, 11) is 0. The number of carbonyl (C=O) groups excluding carboxylic acids is 1. The summed E-state index contributed by atoms with van der Waals surface area (Å²) in [6.45, 7) is 0.560. The summed E-state index contributed by atoms with van der Waals surface area (Å²) in [6, 6.07) is 10.7. The van der Waals surface area contributed by atoms with E-state index in [0.717, 1.165) is 12.1 Å². The van der Waals surface area contributed by atoms with Gasteiger partial charge in [-0.2, -0.15) is 13.2 Å². The van der Waals surface area contributed by atoms with Crippen molar-refractivity contribution in [1.82, 2.24) is 4.90 Å². The highest BCUT2D eigenvalue weighted by molar-refractivity contribution is 6.02. The molecule has 2 aliphatic heterocycles. The summed E-state index contributed by atoms with van der Waals surface area (Å²) >= 11 is 0. The molecule has 1 atom stereocenters. The van der Waals surface area contributed by atoms with Crippen LogP contribution in [0, 0.1) is 5.82 Å². The van der Waals surface area contributed by atoms with Gasteiger partial charge in [0.25, 0.3) is 5.91 Å². The molecule has 1 saturated heterocycles. The van der Waals surface area contributed by atoms with Crippen LogP contribution in [0.25, 0.3) is 0 Å². The molecular formula is C20H16F4N2O2. The third kappa shape index (κ3) is 3.34. The van der Waals surface area contributed by atoms with Gasteiger partial charge in [-0.3, -0.25) is 4.79 Å². The highest BCUT2D eigenvalue weighted by Crippen LogP contribution is 2.37. The molecule has 0 aliphatic carbocycles. The predicted molar refractivity (Wildman–Crippen MR) is 93.3 cm³/mol. The molecule has 28 heavy (non-hydrogen) atoms. The van der Waals surface area contributed by atoms with Crippen LogP contribution in [-0.4, -0.2) is 35.2 Å². The minimum Gasteiger partial charge on any atom is -0.387 e. The smallest absolute Gasteiger partial charge is 0.387 e. The van der Waals surface area contributed by atoms with Crippen molar-refractivity contribution in [3.05, 3.63) is 71.0 Å². The van der Waals surface area contributed by atoms with Crippen molar-refractivity contribution in [2.24, 2.45) is 5.16 Å². The van der Waals surface area contributed by atoms with Gasteiger partial charge in [0.2, 0.25) is 0 Å². The number of amides is 1. The topological polar surface area (TPSA) is 41.9 Å². The highest BCUT2D eigenvalue weighted by atomic mass is 19.4. The lowest BCUT2D eigenvalue weighted by molar-refractivity contribution is -0.137. The maximum absolute atomic E-state index is 13.9. The molecule has 0 N–H and O–H groups in total. The third-order valence-corrected chi connectivity index (χ3v) is 5.07. The molecule has 1 fully saturated rings. The lowest BCUT2D eigenvalue weighted by Gasteiger charge is -2.22. The van der Waals surface area contributed by atoms with Gasteiger partial charge < -0.3 is 9.74 Å². The number of alkyl halides is 3. The van der Waals surface area contributed by atoms with Crippen molar-refractivity contribution in [3.63, 3.8) is 0 Å². The van der Waals surface area contributed by atoms with Gasteiger partial charge in [0.1, 0.15) is 5.82 Å². The molecule has 2 aromatic rings. The van der Waals surface area contributed by atoms with E-state index in [1.54, 1.807) is 12.1 Å². The van der Waals surface area contributed by atoms with E-state index < -0.39 is 29.1 Å². The van der Waals surface area contributed by atoms with Crippen LogP contribution in [0.2, 0.25) is 0 Å². The zero-order valence-electron chi connectivity index (χ0n) is 14.7. The number of rotatable bonds is 2. The first-order valence-corrected chi connectivity index (χ1v) is 8.74. The number of oxime groups is 1. The molecule has 2 aliphatic rings. The molecule has 4 rings (SSSR count). The standard InChI is InChI=1S/C20H16F4N2O2/c21-16-7-2-1-6-15(16)18(27)26-9-8-19(12-26)11-17(25-28-19)13-4-3-5-14(10-13)20(22,23)24/h1-7,10H,8-9,11-12H2. The number of likely N-dealkylation sites (tertiary alicyclic amines) is 1. The van der Waals surface area contributed by atoms with Gasteiger partial charge in [-0.05, 0) is 24.3 Å². The predicted octanol–water partition coefficient (Wildman–Crippen LogP) is 4.25. The Morgan fingerprint density at radius 3 is 2.68 bits per heavy atom. The molecule has 1 spiro atoms. The van der Waals surface area contributed by atoms with Gasteiger partial charge >= 0.3 is 6.18 Å². The van der Waals surface area contributed by atoms with Crippen LogP contribution in [0.1, 0.15) is 34.3 Å². The van der Waals surface area contributed by atoms with Gasteiger partial charge in [0.15, 0.2) is 5.60 Å². The molecule has 4 nitrogen and oxygen atoms in total. The number of benzene rings is 2. The minimum atomic E-state index is -4.44. The Hall–Kier alpha value is -2.90. The summed E-state index contributed by atoms with van der Waals surface area (Å²) < 4.78 is 52.7. The average molecular weight is 392 g/mol. The van der Waals surface area contributed by atoms with Gasteiger partial charge in [-0.15, -0.1) is 0 Å². The van der Waals surface area contributed by atoms with Crippen LogP contribution in [-0.2, 0) is 11.0 Å². The fraction of sp³-hybridized carbons (Fsp3) is 0.300. The fourth-order valence-electron chi connectivity index (χ4n) is 3.59. The van der Waals surface area contributed by atoms with E-state index in [-0.39, 0.29) is 18.5 Å². The summed E-state index contributed by atoms with van der Waals surface area (Å²) in [5.41, 5.74) is -0.810. The Morgan fingerprint density at radius 2 is 1.93 bits per heavy atom. The maximum atomic E-state index is 13.9. The Kier molecular flexibility index (Phi) is 4.36.